The average Bonchev–Trinajstić information content (AvgIpc) is 2.68. The van der Waals surface area contributed by atoms with E-state index in [4.69, 9.17) is 11.5 Å². The van der Waals surface area contributed by atoms with Gasteiger partial charge in [0, 0.05) is 30.6 Å². The van der Waals surface area contributed by atoms with Crippen molar-refractivity contribution in [2.24, 2.45) is 29.2 Å². The van der Waals surface area contributed by atoms with Crippen LogP contribution < -0.4 is 21.7 Å². The van der Waals surface area contributed by atoms with Crippen molar-refractivity contribution in [3.63, 3.8) is 0 Å². The van der Waals surface area contributed by atoms with Gasteiger partial charge in [-0.05, 0) is 75.0 Å². The highest BCUT2D eigenvalue weighted by atomic mass is 16.2. The molecule has 1 aliphatic heterocycles. The molecule has 6 heteroatoms. The first-order chi connectivity index (χ1) is 13.5. The molecular formula is C22H32N4O2. The molecule has 5 N–H and O–H groups in total. The number of fused-ring (bicyclic) bond motifs is 2. The Kier molecular flexibility index (Phi) is 5.58. The van der Waals surface area contributed by atoms with E-state index in [0.717, 1.165) is 57.3 Å². The van der Waals surface area contributed by atoms with Crippen molar-refractivity contribution in [3.05, 3.63) is 23.8 Å². The second-order valence-corrected chi connectivity index (χ2v) is 8.83. The molecule has 0 radical (unpaired) electrons. The van der Waals surface area contributed by atoms with Gasteiger partial charge in [0.25, 0.3) is 0 Å². The molecule has 152 valence electrons. The van der Waals surface area contributed by atoms with E-state index in [1.165, 1.54) is 12.8 Å². The van der Waals surface area contributed by atoms with E-state index >= 15 is 0 Å². The van der Waals surface area contributed by atoms with Crippen molar-refractivity contribution in [1.82, 2.24) is 0 Å². The van der Waals surface area contributed by atoms with Gasteiger partial charge in [-0.25, -0.2) is 0 Å². The van der Waals surface area contributed by atoms with E-state index < -0.39 is 5.91 Å². The normalized spacial score (nSPS) is 30.0. The first-order valence-corrected chi connectivity index (χ1v) is 10.8. The number of nitrogens with zero attached hydrogens (tertiary/aromatic N) is 1. The van der Waals surface area contributed by atoms with Crippen LogP contribution in [0.5, 0.6) is 0 Å². The van der Waals surface area contributed by atoms with Crippen molar-refractivity contribution in [3.8, 4) is 0 Å². The van der Waals surface area contributed by atoms with Crippen molar-refractivity contribution in [2.45, 2.75) is 57.4 Å². The van der Waals surface area contributed by atoms with Crippen molar-refractivity contribution >= 4 is 23.2 Å². The predicted molar refractivity (Wildman–Crippen MR) is 111 cm³/mol. The van der Waals surface area contributed by atoms with Gasteiger partial charge in [-0.2, -0.15) is 0 Å². The molecule has 28 heavy (non-hydrogen) atoms. The molecule has 2 amide bonds. The summed E-state index contributed by atoms with van der Waals surface area (Å²) in [6.45, 7) is 1.95. The number of piperidine rings is 1. The zero-order valence-corrected chi connectivity index (χ0v) is 16.5. The van der Waals surface area contributed by atoms with E-state index in [-0.39, 0.29) is 17.9 Å². The van der Waals surface area contributed by atoms with Crippen molar-refractivity contribution in [1.29, 1.82) is 0 Å². The van der Waals surface area contributed by atoms with Gasteiger partial charge in [0.1, 0.15) is 0 Å². The molecule has 1 aromatic rings. The van der Waals surface area contributed by atoms with Gasteiger partial charge in [-0.15, -0.1) is 0 Å². The van der Waals surface area contributed by atoms with Crippen LogP contribution in [-0.2, 0) is 4.79 Å². The Morgan fingerprint density at radius 3 is 2.32 bits per heavy atom. The number of rotatable bonds is 4. The summed E-state index contributed by atoms with van der Waals surface area (Å²) in [6.07, 6.45) is 8.79. The molecule has 2 saturated carbocycles. The standard InChI is InChI=1S/C22H32N4O2/c23-20-14-5-4-6-15(20)12-17(11-14)22(28)25-18-13-16(21(24)27)7-8-19(18)26-9-2-1-3-10-26/h7-8,13-15,17,20H,1-6,9-12,23H2,(H2,24,27)(H,25,28). The quantitative estimate of drug-likeness (QED) is 0.743. The lowest BCUT2D eigenvalue weighted by atomic mass is 9.65. The summed E-state index contributed by atoms with van der Waals surface area (Å²) in [5, 5.41) is 3.15. The zero-order chi connectivity index (χ0) is 19.7. The molecule has 2 atom stereocenters. The monoisotopic (exact) mass is 384 g/mol. The second kappa shape index (κ2) is 8.11. The molecule has 6 nitrogen and oxygen atoms in total. The highest BCUT2D eigenvalue weighted by molar-refractivity contribution is 6.00. The van der Waals surface area contributed by atoms with Crippen LogP contribution in [0.4, 0.5) is 11.4 Å². The fourth-order valence-corrected chi connectivity index (χ4v) is 5.44. The number of carbonyl (C=O) groups excluding carboxylic acids is 2. The van der Waals surface area contributed by atoms with Gasteiger partial charge in [0.05, 0.1) is 11.4 Å². The van der Waals surface area contributed by atoms with E-state index in [1.54, 1.807) is 12.1 Å². The van der Waals surface area contributed by atoms with Crippen LogP contribution >= 0.6 is 0 Å². The third kappa shape index (κ3) is 3.88. The Balaban J connectivity index is 1.54. The van der Waals surface area contributed by atoms with E-state index in [9.17, 15) is 9.59 Å². The van der Waals surface area contributed by atoms with E-state index in [2.05, 4.69) is 10.2 Å². The molecule has 2 aliphatic carbocycles. The third-order valence-electron chi connectivity index (χ3n) is 7.02. The van der Waals surface area contributed by atoms with Gasteiger partial charge in [-0.3, -0.25) is 9.59 Å². The van der Waals surface area contributed by atoms with Gasteiger partial charge in [0.15, 0.2) is 0 Å². The van der Waals surface area contributed by atoms with Crippen LogP contribution in [0, 0.1) is 17.8 Å². The molecule has 1 heterocycles. The van der Waals surface area contributed by atoms with Crippen LogP contribution in [0.25, 0.3) is 0 Å². The number of benzene rings is 1. The third-order valence-corrected chi connectivity index (χ3v) is 7.02. The van der Waals surface area contributed by atoms with Crippen molar-refractivity contribution in [2.75, 3.05) is 23.3 Å². The minimum Gasteiger partial charge on any atom is -0.370 e. The fraction of sp³-hybridized carbons (Fsp3) is 0.636. The highest BCUT2D eigenvalue weighted by Crippen LogP contribution is 2.42. The van der Waals surface area contributed by atoms with E-state index in [1.807, 2.05) is 6.07 Å². The molecule has 1 aromatic carbocycles. The number of carbonyl (C=O) groups is 2. The molecule has 3 fully saturated rings. The lowest BCUT2D eigenvalue weighted by Gasteiger charge is -2.43. The van der Waals surface area contributed by atoms with Gasteiger partial charge < -0.3 is 21.7 Å². The van der Waals surface area contributed by atoms with Gasteiger partial charge in [-0.1, -0.05) is 6.42 Å². The van der Waals surface area contributed by atoms with Crippen LogP contribution in [0.1, 0.15) is 61.7 Å². The number of anilines is 2. The second-order valence-electron chi connectivity index (χ2n) is 8.83. The molecular weight excluding hydrogens is 352 g/mol. The average molecular weight is 385 g/mol. The number of amides is 2. The van der Waals surface area contributed by atoms with Crippen LogP contribution in [0.2, 0.25) is 0 Å². The molecule has 2 unspecified atom stereocenters. The number of nitrogens with two attached hydrogens (primary N) is 2. The summed E-state index contributed by atoms with van der Waals surface area (Å²) >= 11 is 0. The van der Waals surface area contributed by atoms with Gasteiger partial charge in [0.2, 0.25) is 11.8 Å². The smallest absolute Gasteiger partial charge is 0.248 e. The Bertz CT molecular complexity index is 730. The lowest BCUT2D eigenvalue weighted by Crippen LogP contribution is -2.48. The van der Waals surface area contributed by atoms with Crippen LogP contribution in [0.3, 0.4) is 0 Å². The number of hydrogen-bond acceptors (Lipinski definition) is 4. The molecule has 0 aromatic heterocycles. The summed E-state index contributed by atoms with van der Waals surface area (Å²) in [4.78, 5) is 27.1. The van der Waals surface area contributed by atoms with Crippen LogP contribution in [-0.4, -0.2) is 30.9 Å². The minimum atomic E-state index is -0.473. The Morgan fingerprint density at radius 2 is 1.68 bits per heavy atom. The van der Waals surface area contributed by atoms with Crippen molar-refractivity contribution < 1.29 is 9.59 Å². The summed E-state index contributed by atoms with van der Waals surface area (Å²) in [5.74, 6) is 0.507. The lowest BCUT2D eigenvalue weighted by molar-refractivity contribution is -0.122. The largest absolute Gasteiger partial charge is 0.370 e. The molecule has 2 bridgehead atoms. The maximum absolute atomic E-state index is 13.1. The SMILES string of the molecule is NC(=O)c1ccc(N2CCCCC2)c(NC(=O)C2CC3CCCC(C2)C3N)c1. The Morgan fingerprint density at radius 1 is 1.00 bits per heavy atom. The molecule has 3 aliphatic rings. The van der Waals surface area contributed by atoms with Crippen LogP contribution in [0.15, 0.2) is 18.2 Å². The first-order valence-electron chi connectivity index (χ1n) is 10.8. The summed E-state index contributed by atoms with van der Waals surface area (Å²) < 4.78 is 0. The molecule has 0 spiro atoms. The van der Waals surface area contributed by atoms with E-state index in [0.29, 0.717) is 23.1 Å². The maximum Gasteiger partial charge on any atom is 0.248 e. The number of primary amides is 1. The summed E-state index contributed by atoms with van der Waals surface area (Å²) in [7, 11) is 0. The molecule has 1 saturated heterocycles. The fourth-order valence-electron chi connectivity index (χ4n) is 5.44. The Labute approximate surface area is 167 Å². The first kappa shape index (κ1) is 19.2. The minimum absolute atomic E-state index is 0.00143. The summed E-state index contributed by atoms with van der Waals surface area (Å²) in [6, 6.07) is 5.66. The topological polar surface area (TPSA) is 101 Å². The number of nitrogens with one attached hydrogen (secondary N) is 1. The zero-order valence-electron chi connectivity index (χ0n) is 16.5. The Hall–Kier alpha value is -2.08. The predicted octanol–water partition coefficient (Wildman–Crippen LogP) is 2.87. The van der Waals surface area contributed by atoms with Gasteiger partial charge >= 0.3 is 0 Å². The highest BCUT2D eigenvalue weighted by Gasteiger charge is 2.40. The molecule has 4 rings (SSSR count). The number of hydrogen-bond donors (Lipinski definition) is 3. The summed E-state index contributed by atoms with van der Waals surface area (Å²) in [5.41, 5.74) is 14.0. The maximum atomic E-state index is 13.1.